The smallest absolute Gasteiger partial charge is 0.406 e. The molecule has 2 heterocycles. The molecule has 198 valence electrons. The molecule has 5 nitrogen and oxygen atoms in total. The number of aromatic nitrogens is 2. The number of hydrogen-bond donors (Lipinski definition) is 1. The van der Waals surface area contributed by atoms with Gasteiger partial charge in [-0.15, -0.1) is 22.4 Å². The van der Waals surface area contributed by atoms with Crippen LogP contribution in [0.2, 0.25) is 0 Å². The van der Waals surface area contributed by atoms with Gasteiger partial charge in [0.1, 0.15) is 11.6 Å². The van der Waals surface area contributed by atoms with Gasteiger partial charge in [-0.2, -0.15) is 0 Å². The highest BCUT2D eigenvalue weighted by molar-refractivity contribution is 7.27. The van der Waals surface area contributed by atoms with Gasteiger partial charge in [-0.1, -0.05) is 32.1 Å². The Morgan fingerprint density at radius 1 is 1.19 bits per heavy atom. The van der Waals surface area contributed by atoms with Gasteiger partial charge in [0.05, 0.1) is 17.6 Å². The Balaban J connectivity index is 0.00000109. The molecular formula is C27H38F3N4OP. The molecule has 9 heteroatoms. The van der Waals surface area contributed by atoms with E-state index < -0.39 is 6.36 Å². The van der Waals surface area contributed by atoms with Crippen molar-refractivity contribution in [3.63, 3.8) is 0 Å². The normalized spacial score (nSPS) is 13.1. The van der Waals surface area contributed by atoms with Crippen LogP contribution in [0.5, 0.6) is 5.75 Å². The van der Waals surface area contributed by atoms with Crippen molar-refractivity contribution in [2.75, 3.05) is 20.6 Å². The van der Waals surface area contributed by atoms with E-state index in [2.05, 4.69) is 48.4 Å². The summed E-state index contributed by atoms with van der Waals surface area (Å²) in [6.45, 7) is 8.50. The first kappa shape index (κ1) is 29.8. The predicted octanol–water partition coefficient (Wildman–Crippen LogP) is 5.91. The van der Waals surface area contributed by atoms with E-state index in [9.17, 15) is 13.2 Å². The number of allylic oxidation sites excluding steroid dienone is 1. The maximum atomic E-state index is 12.4. The predicted molar refractivity (Wildman–Crippen MR) is 147 cm³/mol. The molecule has 2 aromatic carbocycles. The molecule has 0 saturated carbocycles. The van der Waals surface area contributed by atoms with E-state index in [1.807, 2.05) is 26.8 Å². The summed E-state index contributed by atoms with van der Waals surface area (Å²) < 4.78 is 43.4. The van der Waals surface area contributed by atoms with Crippen LogP contribution in [0.25, 0.3) is 16.6 Å². The Morgan fingerprint density at radius 3 is 2.47 bits per heavy atom. The fourth-order valence-corrected chi connectivity index (χ4v) is 4.72. The van der Waals surface area contributed by atoms with Gasteiger partial charge in [0.15, 0.2) is 0 Å². The van der Waals surface area contributed by atoms with Gasteiger partial charge < -0.3 is 15.0 Å². The molecule has 0 aliphatic carbocycles. The molecule has 1 aromatic heterocycles. The monoisotopic (exact) mass is 522 g/mol. The Labute approximate surface area is 214 Å². The molecule has 4 rings (SSSR count). The fraction of sp³-hybridized carbons (Fsp3) is 0.444. The number of alkyl halides is 3. The zero-order valence-corrected chi connectivity index (χ0v) is 23.0. The first-order valence-electron chi connectivity index (χ1n) is 12.3. The lowest BCUT2D eigenvalue weighted by atomic mass is 10.0. The van der Waals surface area contributed by atoms with Crippen molar-refractivity contribution in [2.45, 2.75) is 59.5 Å². The van der Waals surface area contributed by atoms with Crippen molar-refractivity contribution < 1.29 is 17.9 Å². The maximum Gasteiger partial charge on any atom is 0.573 e. The fourth-order valence-electron chi connectivity index (χ4n) is 4.36. The van der Waals surface area contributed by atoms with Crippen LogP contribution in [0.4, 0.5) is 13.2 Å². The number of benzene rings is 2. The maximum absolute atomic E-state index is 12.4. The number of nitrogens with two attached hydrogens (primary N) is 1. The molecule has 1 unspecified atom stereocenters. The highest BCUT2D eigenvalue weighted by Gasteiger charge is 2.31. The molecule has 0 saturated heterocycles. The van der Waals surface area contributed by atoms with Crippen molar-refractivity contribution in [3.8, 4) is 5.75 Å². The molecule has 1 aliphatic heterocycles. The second-order valence-electron chi connectivity index (χ2n) is 8.20. The number of rotatable bonds is 7. The van der Waals surface area contributed by atoms with Gasteiger partial charge in [-0.25, -0.2) is 4.98 Å². The first-order chi connectivity index (χ1) is 17.2. The minimum atomic E-state index is -4.68. The van der Waals surface area contributed by atoms with Gasteiger partial charge >= 0.3 is 6.36 Å². The van der Waals surface area contributed by atoms with Crippen molar-refractivity contribution in [3.05, 3.63) is 59.4 Å². The number of aryl methyl sites for hydroxylation is 2. The summed E-state index contributed by atoms with van der Waals surface area (Å²) in [6, 6.07) is 10.4. The average molecular weight is 523 g/mol. The van der Waals surface area contributed by atoms with E-state index in [0.29, 0.717) is 0 Å². The lowest BCUT2D eigenvalue weighted by Gasteiger charge is -2.21. The third-order valence-corrected chi connectivity index (χ3v) is 6.16. The Bertz CT molecular complexity index is 1140. The van der Waals surface area contributed by atoms with E-state index in [1.165, 1.54) is 35.6 Å². The van der Waals surface area contributed by atoms with Crippen LogP contribution in [0.1, 0.15) is 50.6 Å². The molecule has 0 bridgehead atoms. The lowest BCUT2D eigenvalue weighted by Crippen LogP contribution is -2.23. The summed E-state index contributed by atoms with van der Waals surface area (Å²) in [5, 5.41) is 1.17. The first-order valence-corrected chi connectivity index (χ1v) is 12.9. The van der Waals surface area contributed by atoms with Gasteiger partial charge in [-0.05, 0) is 86.6 Å². The van der Waals surface area contributed by atoms with E-state index in [4.69, 9.17) is 4.98 Å². The van der Waals surface area contributed by atoms with Crippen molar-refractivity contribution in [2.24, 2.45) is 5.73 Å². The summed E-state index contributed by atoms with van der Waals surface area (Å²) in [6.07, 6.45) is 0.335. The number of imidazole rings is 1. The number of hydrogen-bond acceptors (Lipinski definition) is 4. The van der Waals surface area contributed by atoms with Gasteiger partial charge in [-0.3, -0.25) is 4.90 Å². The molecule has 0 radical (unpaired) electrons. The van der Waals surface area contributed by atoms with Crippen LogP contribution in [0.3, 0.4) is 0 Å². The second kappa shape index (κ2) is 13.8. The Kier molecular flexibility index (Phi) is 11.4. The summed E-state index contributed by atoms with van der Waals surface area (Å²) in [5.74, 6) is 0.872. The van der Waals surface area contributed by atoms with Crippen LogP contribution in [0, 0.1) is 0 Å². The molecule has 3 aromatic rings. The van der Waals surface area contributed by atoms with Crippen LogP contribution in [0.15, 0.2) is 42.5 Å². The van der Waals surface area contributed by atoms with Crippen LogP contribution in [-0.4, -0.2) is 41.5 Å². The Morgan fingerprint density at radius 2 is 1.86 bits per heavy atom. The zero-order valence-electron chi connectivity index (χ0n) is 21.8. The van der Waals surface area contributed by atoms with Crippen molar-refractivity contribution in [1.82, 2.24) is 14.5 Å². The summed E-state index contributed by atoms with van der Waals surface area (Å²) in [4.78, 5) is 7.16. The molecule has 2 N–H and O–H groups in total. The molecule has 1 aliphatic rings. The topological polar surface area (TPSA) is 56.3 Å². The SMILES string of the molecule is C/C=C(\CCN(C)Cc1nc2cc(P)cc3c2n1CCC3)c1ccc(OC(F)(F)F)cc1.CC.CN. The molecule has 1 atom stereocenters. The number of nitrogens with zero attached hydrogens (tertiary/aromatic N) is 3. The molecular weight excluding hydrogens is 484 g/mol. The van der Waals surface area contributed by atoms with Crippen LogP contribution < -0.4 is 15.8 Å². The average Bonchev–Trinajstić information content (AvgIpc) is 3.20. The lowest BCUT2D eigenvalue weighted by molar-refractivity contribution is -0.274. The number of halogens is 3. The number of ether oxygens (including phenoxy) is 1. The van der Waals surface area contributed by atoms with E-state index in [0.717, 1.165) is 61.4 Å². The van der Waals surface area contributed by atoms with E-state index in [1.54, 1.807) is 12.1 Å². The summed E-state index contributed by atoms with van der Waals surface area (Å²) >= 11 is 0. The molecule has 0 spiro atoms. The third kappa shape index (κ3) is 7.79. The highest BCUT2D eigenvalue weighted by atomic mass is 31.0. The highest BCUT2D eigenvalue weighted by Crippen LogP contribution is 2.28. The minimum absolute atomic E-state index is 0.206. The van der Waals surface area contributed by atoms with Crippen LogP contribution >= 0.6 is 9.24 Å². The van der Waals surface area contributed by atoms with E-state index in [-0.39, 0.29) is 5.75 Å². The molecule has 36 heavy (non-hydrogen) atoms. The second-order valence-corrected chi connectivity index (χ2v) is 8.87. The zero-order chi connectivity index (χ0) is 26.9. The van der Waals surface area contributed by atoms with Crippen molar-refractivity contribution in [1.29, 1.82) is 0 Å². The van der Waals surface area contributed by atoms with E-state index >= 15 is 0 Å². The summed E-state index contributed by atoms with van der Waals surface area (Å²) in [5.41, 5.74) is 10.2. The quantitative estimate of drug-likeness (QED) is 0.392. The van der Waals surface area contributed by atoms with Gasteiger partial charge in [0.25, 0.3) is 0 Å². The summed E-state index contributed by atoms with van der Waals surface area (Å²) in [7, 11) is 6.35. The third-order valence-electron chi connectivity index (χ3n) is 5.83. The Hall–Kier alpha value is -2.41. The largest absolute Gasteiger partial charge is 0.573 e. The minimum Gasteiger partial charge on any atom is -0.406 e. The standard InChI is InChI=1S/C24H27F3N3OP.C2H6.CH5N/c1-3-16(17-6-8-19(9-7-17)31-24(25,26)27)10-12-29(2)15-22-28-21-14-20(32)13-18-5-4-11-30(22)23(18)21;2*1-2/h3,6-9,13-14H,4-5,10-12,15,32H2,1-2H3;1-2H3;2H2,1H3/b16-3+;;. The molecule has 0 fully saturated rings. The van der Waals surface area contributed by atoms with Crippen molar-refractivity contribution >= 4 is 31.2 Å². The van der Waals surface area contributed by atoms with Crippen LogP contribution in [-0.2, 0) is 19.5 Å². The van der Waals surface area contributed by atoms with Gasteiger partial charge in [0, 0.05) is 13.1 Å². The van der Waals surface area contributed by atoms with Gasteiger partial charge in [0.2, 0.25) is 0 Å². The molecule has 0 amide bonds.